The van der Waals surface area contributed by atoms with Crippen LogP contribution in [0.2, 0.25) is 0 Å². The van der Waals surface area contributed by atoms with Gasteiger partial charge in [0.15, 0.2) is 0 Å². The third-order valence-corrected chi connectivity index (χ3v) is 3.19. The van der Waals surface area contributed by atoms with E-state index >= 15 is 0 Å². The number of hydrogen-bond donors (Lipinski definition) is 1. The Morgan fingerprint density at radius 3 is 2.50 bits per heavy atom. The maximum atomic E-state index is 3.55. The van der Waals surface area contributed by atoms with Gasteiger partial charge >= 0.3 is 0 Å². The summed E-state index contributed by atoms with van der Waals surface area (Å²) >= 11 is 0. The summed E-state index contributed by atoms with van der Waals surface area (Å²) in [7, 11) is 6.32. The number of nitrogens with one attached hydrogen (secondary N) is 1. The van der Waals surface area contributed by atoms with Gasteiger partial charge in [-0.25, -0.2) is 0 Å². The Balaban J connectivity index is 2.14. The molecule has 0 aliphatic carbocycles. The van der Waals surface area contributed by atoms with Crippen LogP contribution in [0.15, 0.2) is 24.3 Å². The largest absolute Gasteiger partial charge is 0.378 e. The monoisotopic (exact) mass is 219 g/mol. The summed E-state index contributed by atoms with van der Waals surface area (Å²) in [5.41, 5.74) is 2.61. The molecule has 3 nitrogen and oxygen atoms in total. The summed E-state index contributed by atoms with van der Waals surface area (Å²) in [6, 6.07) is 8.79. The van der Waals surface area contributed by atoms with Crippen LogP contribution < -0.4 is 10.2 Å². The molecule has 0 spiro atoms. The van der Waals surface area contributed by atoms with Crippen LogP contribution in [-0.4, -0.2) is 39.1 Å². The molecule has 0 radical (unpaired) electrons. The molecule has 1 aromatic rings. The summed E-state index contributed by atoms with van der Waals surface area (Å²) < 4.78 is 0. The third kappa shape index (κ3) is 2.36. The highest BCUT2D eigenvalue weighted by molar-refractivity contribution is 5.46. The van der Waals surface area contributed by atoms with Gasteiger partial charge in [-0.3, -0.25) is 10.2 Å². The lowest BCUT2D eigenvalue weighted by molar-refractivity contribution is 0.167. The fourth-order valence-corrected chi connectivity index (χ4v) is 2.18. The van der Waals surface area contributed by atoms with Crippen molar-refractivity contribution < 1.29 is 0 Å². The SMILES string of the molecule is CN(C)c1ccc([C@@H]2NCCCN2C)cc1. The number of benzene rings is 1. The third-order valence-electron chi connectivity index (χ3n) is 3.19. The molecule has 2 rings (SSSR count). The van der Waals surface area contributed by atoms with Crippen LogP contribution in [0.5, 0.6) is 0 Å². The van der Waals surface area contributed by atoms with Gasteiger partial charge in [0.2, 0.25) is 0 Å². The summed E-state index contributed by atoms with van der Waals surface area (Å²) in [5.74, 6) is 0. The minimum Gasteiger partial charge on any atom is -0.378 e. The number of rotatable bonds is 2. The van der Waals surface area contributed by atoms with Gasteiger partial charge in [-0.1, -0.05) is 12.1 Å². The van der Waals surface area contributed by atoms with E-state index in [0.717, 1.165) is 6.54 Å². The lowest BCUT2D eigenvalue weighted by Gasteiger charge is -2.34. The Kier molecular flexibility index (Phi) is 3.46. The van der Waals surface area contributed by atoms with Crippen molar-refractivity contribution in [1.82, 2.24) is 10.2 Å². The zero-order valence-corrected chi connectivity index (χ0v) is 10.4. The molecule has 88 valence electrons. The maximum absolute atomic E-state index is 3.55. The van der Waals surface area contributed by atoms with Crippen LogP contribution >= 0.6 is 0 Å². The van der Waals surface area contributed by atoms with Crippen LogP contribution in [-0.2, 0) is 0 Å². The van der Waals surface area contributed by atoms with Gasteiger partial charge in [0, 0.05) is 26.3 Å². The van der Waals surface area contributed by atoms with Gasteiger partial charge in [-0.05, 0) is 37.7 Å². The molecule has 1 heterocycles. The van der Waals surface area contributed by atoms with Crippen LogP contribution in [0, 0.1) is 0 Å². The standard InChI is InChI=1S/C13H21N3/c1-15(2)12-7-5-11(6-8-12)13-14-9-4-10-16(13)3/h5-8,13-14H,4,9-10H2,1-3H3/t13-/m1/s1. The van der Waals surface area contributed by atoms with Crippen molar-refractivity contribution in [2.45, 2.75) is 12.6 Å². The van der Waals surface area contributed by atoms with Gasteiger partial charge < -0.3 is 4.90 Å². The van der Waals surface area contributed by atoms with E-state index in [9.17, 15) is 0 Å². The molecule has 0 saturated carbocycles. The molecule has 3 heteroatoms. The van der Waals surface area contributed by atoms with Crippen LogP contribution in [0.4, 0.5) is 5.69 Å². The number of hydrogen-bond acceptors (Lipinski definition) is 3. The van der Waals surface area contributed by atoms with Gasteiger partial charge in [-0.2, -0.15) is 0 Å². The molecule has 0 amide bonds. The Morgan fingerprint density at radius 2 is 1.94 bits per heavy atom. The Morgan fingerprint density at radius 1 is 1.25 bits per heavy atom. The first kappa shape index (κ1) is 11.4. The fourth-order valence-electron chi connectivity index (χ4n) is 2.18. The number of nitrogens with zero attached hydrogens (tertiary/aromatic N) is 2. The smallest absolute Gasteiger partial charge is 0.0858 e. The number of anilines is 1. The predicted octanol–water partition coefficient (Wildman–Crippen LogP) is 1.68. The highest BCUT2D eigenvalue weighted by Crippen LogP contribution is 2.22. The van der Waals surface area contributed by atoms with Crippen LogP contribution in [0.25, 0.3) is 0 Å². The predicted molar refractivity (Wildman–Crippen MR) is 68.8 cm³/mol. The van der Waals surface area contributed by atoms with E-state index < -0.39 is 0 Å². The summed E-state index contributed by atoms with van der Waals surface area (Å²) in [6.07, 6.45) is 1.62. The second-order valence-electron chi connectivity index (χ2n) is 4.68. The van der Waals surface area contributed by atoms with Crippen molar-refractivity contribution in [1.29, 1.82) is 0 Å². The molecule has 0 aromatic heterocycles. The Labute approximate surface area is 98.0 Å². The van der Waals surface area contributed by atoms with Gasteiger partial charge in [0.25, 0.3) is 0 Å². The van der Waals surface area contributed by atoms with E-state index in [1.54, 1.807) is 0 Å². The molecule has 1 aliphatic rings. The van der Waals surface area contributed by atoms with E-state index in [4.69, 9.17) is 0 Å². The molecule has 16 heavy (non-hydrogen) atoms. The molecule has 1 aromatic carbocycles. The summed E-state index contributed by atoms with van der Waals surface area (Å²) in [5, 5.41) is 3.55. The van der Waals surface area contributed by atoms with Crippen molar-refractivity contribution in [3.05, 3.63) is 29.8 Å². The van der Waals surface area contributed by atoms with Crippen molar-refractivity contribution in [3.8, 4) is 0 Å². The average molecular weight is 219 g/mol. The maximum Gasteiger partial charge on any atom is 0.0858 e. The summed E-state index contributed by atoms with van der Waals surface area (Å²) in [6.45, 7) is 2.29. The molecule has 0 bridgehead atoms. The Hall–Kier alpha value is -1.06. The van der Waals surface area contributed by atoms with Crippen molar-refractivity contribution >= 4 is 5.69 Å². The minimum absolute atomic E-state index is 0.380. The first-order valence-electron chi connectivity index (χ1n) is 5.89. The topological polar surface area (TPSA) is 18.5 Å². The van der Waals surface area contributed by atoms with Gasteiger partial charge in [0.1, 0.15) is 0 Å². The molecule has 1 fully saturated rings. The van der Waals surface area contributed by atoms with E-state index in [-0.39, 0.29) is 0 Å². The van der Waals surface area contributed by atoms with Crippen LogP contribution in [0.1, 0.15) is 18.2 Å². The van der Waals surface area contributed by atoms with Crippen molar-refractivity contribution in [2.24, 2.45) is 0 Å². The molecule has 1 saturated heterocycles. The highest BCUT2D eigenvalue weighted by atomic mass is 15.3. The second-order valence-corrected chi connectivity index (χ2v) is 4.68. The quantitative estimate of drug-likeness (QED) is 0.816. The molecule has 1 N–H and O–H groups in total. The van der Waals surface area contributed by atoms with E-state index in [0.29, 0.717) is 6.17 Å². The van der Waals surface area contributed by atoms with Gasteiger partial charge in [-0.15, -0.1) is 0 Å². The first-order valence-corrected chi connectivity index (χ1v) is 5.89. The van der Waals surface area contributed by atoms with Crippen molar-refractivity contribution in [2.75, 3.05) is 39.1 Å². The zero-order valence-electron chi connectivity index (χ0n) is 10.4. The highest BCUT2D eigenvalue weighted by Gasteiger charge is 2.19. The second kappa shape index (κ2) is 4.85. The van der Waals surface area contributed by atoms with Crippen LogP contribution in [0.3, 0.4) is 0 Å². The lowest BCUT2D eigenvalue weighted by atomic mass is 10.1. The minimum atomic E-state index is 0.380. The average Bonchev–Trinajstić information content (AvgIpc) is 2.30. The molecular weight excluding hydrogens is 198 g/mol. The van der Waals surface area contributed by atoms with E-state index in [1.807, 2.05) is 0 Å². The fraction of sp³-hybridized carbons (Fsp3) is 0.538. The molecular formula is C13H21N3. The van der Waals surface area contributed by atoms with E-state index in [2.05, 4.69) is 60.5 Å². The van der Waals surface area contributed by atoms with E-state index in [1.165, 1.54) is 24.2 Å². The zero-order chi connectivity index (χ0) is 11.5. The van der Waals surface area contributed by atoms with Crippen molar-refractivity contribution in [3.63, 3.8) is 0 Å². The van der Waals surface area contributed by atoms with Gasteiger partial charge in [0.05, 0.1) is 6.17 Å². The molecule has 1 atom stereocenters. The first-order chi connectivity index (χ1) is 7.68. The lowest BCUT2D eigenvalue weighted by Crippen LogP contribution is -2.42. The Bertz CT molecular complexity index is 332. The normalized spacial score (nSPS) is 22.1. The summed E-state index contributed by atoms with van der Waals surface area (Å²) in [4.78, 5) is 4.50. The molecule has 0 unspecified atom stereocenters. The molecule has 1 aliphatic heterocycles.